The maximum absolute atomic E-state index is 12.7. The smallest absolute Gasteiger partial charge is 0.257 e. The van der Waals surface area contributed by atoms with Gasteiger partial charge < -0.3 is 15.1 Å². The van der Waals surface area contributed by atoms with Gasteiger partial charge in [-0.25, -0.2) is 0 Å². The van der Waals surface area contributed by atoms with Gasteiger partial charge in [0.05, 0.1) is 11.3 Å². The Balaban J connectivity index is 1.55. The fourth-order valence-corrected chi connectivity index (χ4v) is 4.19. The largest absolute Gasteiger partial charge is 0.354 e. The summed E-state index contributed by atoms with van der Waals surface area (Å²) in [5.41, 5.74) is 3.11. The Morgan fingerprint density at radius 3 is 2.88 bits per heavy atom. The summed E-state index contributed by atoms with van der Waals surface area (Å²) in [6, 6.07) is 13.1. The van der Waals surface area contributed by atoms with Gasteiger partial charge in [0.15, 0.2) is 0 Å². The van der Waals surface area contributed by atoms with Gasteiger partial charge in [0.25, 0.3) is 11.8 Å². The minimum Gasteiger partial charge on any atom is -0.354 e. The number of amides is 2. The van der Waals surface area contributed by atoms with Gasteiger partial charge >= 0.3 is 0 Å². The molecule has 2 heterocycles. The molecule has 1 atom stereocenters. The van der Waals surface area contributed by atoms with Crippen molar-refractivity contribution in [1.82, 2.24) is 10.2 Å². The highest BCUT2D eigenvalue weighted by molar-refractivity contribution is 9.10. The summed E-state index contributed by atoms with van der Waals surface area (Å²) < 4.78 is 0.970. The zero-order valence-electron chi connectivity index (χ0n) is 14.5. The van der Waals surface area contributed by atoms with Gasteiger partial charge in [-0.3, -0.25) is 9.59 Å². The first-order chi connectivity index (χ1) is 12.6. The number of hydrogen-bond donors (Lipinski definition) is 1. The molecule has 0 aliphatic carbocycles. The van der Waals surface area contributed by atoms with Crippen molar-refractivity contribution in [3.8, 4) is 0 Å². The molecule has 4 rings (SSSR count). The van der Waals surface area contributed by atoms with Crippen molar-refractivity contribution in [2.24, 2.45) is 0 Å². The highest BCUT2D eigenvalue weighted by atomic mass is 79.9. The van der Waals surface area contributed by atoms with E-state index >= 15 is 0 Å². The average molecular weight is 414 g/mol. The Morgan fingerprint density at radius 2 is 2.08 bits per heavy atom. The summed E-state index contributed by atoms with van der Waals surface area (Å²) in [6.07, 6.45) is 2.10. The number of carbonyl (C=O) groups excluding carboxylic acids is 2. The molecule has 0 spiro atoms. The van der Waals surface area contributed by atoms with Crippen LogP contribution < -0.4 is 10.2 Å². The topological polar surface area (TPSA) is 52.7 Å². The normalized spacial score (nSPS) is 18.5. The van der Waals surface area contributed by atoms with Crippen LogP contribution in [0.1, 0.15) is 39.1 Å². The van der Waals surface area contributed by atoms with Gasteiger partial charge in [-0.2, -0.15) is 0 Å². The van der Waals surface area contributed by atoms with Crippen molar-refractivity contribution >= 4 is 33.4 Å². The van der Waals surface area contributed by atoms with Gasteiger partial charge in [-0.15, -0.1) is 0 Å². The van der Waals surface area contributed by atoms with E-state index in [9.17, 15) is 9.59 Å². The van der Waals surface area contributed by atoms with Crippen LogP contribution in [-0.2, 0) is 6.54 Å². The molecule has 26 heavy (non-hydrogen) atoms. The summed E-state index contributed by atoms with van der Waals surface area (Å²) in [4.78, 5) is 29.3. The first-order valence-electron chi connectivity index (χ1n) is 8.76. The highest BCUT2D eigenvalue weighted by Gasteiger charge is 2.38. The molecule has 2 aliphatic heterocycles. The minimum atomic E-state index is -0.141. The molecular weight excluding hydrogens is 394 g/mol. The Kier molecular flexibility index (Phi) is 4.44. The molecule has 0 bridgehead atoms. The lowest BCUT2D eigenvalue weighted by molar-refractivity contribution is 0.0719. The number of nitrogens with one attached hydrogen (secondary N) is 1. The molecule has 0 saturated carbocycles. The van der Waals surface area contributed by atoms with Gasteiger partial charge in [0, 0.05) is 30.2 Å². The molecule has 134 valence electrons. The van der Waals surface area contributed by atoms with Crippen LogP contribution in [0.15, 0.2) is 46.9 Å². The van der Waals surface area contributed by atoms with Gasteiger partial charge in [0.1, 0.15) is 6.17 Å². The van der Waals surface area contributed by atoms with E-state index < -0.39 is 0 Å². The zero-order chi connectivity index (χ0) is 18.3. The molecular formula is C20H20BrN3O2. The van der Waals surface area contributed by atoms with Crippen LogP contribution >= 0.6 is 15.9 Å². The van der Waals surface area contributed by atoms with E-state index in [1.165, 1.54) is 0 Å². The lowest BCUT2D eigenvalue weighted by atomic mass is 10.0. The maximum Gasteiger partial charge on any atom is 0.257 e. The third-order valence-electron chi connectivity index (χ3n) is 5.20. The minimum absolute atomic E-state index is 0.0702. The fraction of sp³-hybridized carbons (Fsp3) is 0.300. The summed E-state index contributed by atoms with van der Waals surface area (Å²) in [5.74, 6) is -0.0703. The lowest BCUT2D eigenvalue weighted by Gasteiger charge is -2.40. The maximum atomic E-state index is 12.7. The molecule has 0 radical (unpaired) electrons. The van der Waals surface area contributed by atoms with Crippen LogP contribution in [0, 0.1) is 0 Å². The van der Waals surface area contributed by atoms with Crippen molar-refractivity contribution in [2.75, 3.05) is 18.5 Å². The molecule has 6 heteroatoms. The monoisotopic (exact) mass is 413 g/mol. The van der Waals surface area contributed by atoms with Gasteiger partial charge in [-0.1, -0.05) is 34.1 Å². The van der Waals surface area contributed by atoms with E-state index in [1.54, 1.807) is 12.1 Å². The van der Waals surface area contributed by atoms with Crippen LogP contribution in [0.4, 0.5) is 5.69 Å². The number of halogens is 1. The number of rotatable bonds is 3. The van der Waals surface area contributed by atoms with Crippen molar-refractivity contribution in [1.29, 1.82) is 0 Å². The van der Waals surface area contributed by atoms with E-state index in [0.29, 0.717) is 17.7 Å². The van der Waals surface area contributed by atoms with Crippen LogP contribution in [0.3, 0.4) is 0 Å². The van der Waals surface area contributed by atoms with Crippen molar-refractivity contribution < 1.29 is 9.59 Å². The number of nitrogens with zero attached hydrogens (tertiary/aromatic N) is 2. The fourth-order valence-electron chi connectivity index (χ4n) is 3.77. The third-order valence-corrected chi connectivity index (χ3v) is 5.97. The Labute approximate surface area is 161 Å². The Bertz CT molecular complexity index is 883. The second kappa shape index (κ2) is 6.76. The summed E-state index contributed by atoms with van der Waals surface area (Å²) in [6.45, 7) is 1.25. The number of anilines is 1. The van der Waals surface area contributed by atoms with Gasteiger partial charge in [-0.05, 0) is 42.7 Å². The SMILES string of the molecule is CN1c2cc(C(=O)NCc3ccccc3Br)ccc2C(=O)N2CCCC21. The Hall–Kier alpha value is -2.34. The van der Waals surface area contributed by atoms with Crippen LogP contribution in [-0.4, -0.2) is 36.5 Å². The summed E-state index contributed by atoms with van der Waals surface area (Å²) >= 11 is 3.49. The van der Waals surface area contributed by atoms with Crippen molar-refractivity contribution in [3.05, 3.63) is 63.6 Å². The molecule has 1 fully saturated rings. The second-order valence-electron chi connectivity index (χ2n) is 6.74. The van der Waals surface area contributed by atoms with E-state index in [1.807, 2.05) is 42.3 Å². The van der Waals surface area contributed by atoms with Crippen LogP contribution in [0.5, 0.6) is 0 Å². The highest BCUT2D eigenvalue weighted by Crippen LogP contribution is 2.35. The first kappa shape index (κ1) is 17.1. The predicted octanol–water partition coefficient (Wildman–Crippen LogP) is 3.39. The summed E-state index contributed by atoms with van der Waals surface area (Å²) in [7, 11) is 2.00. The van der Waals surface area contributed by atoms with Crippen LogP contribution in [0.2, 0.25) is 0 Å². The first-order valence-corrected chi connectivity index (χ1v) is 9.55. The standard InChI is InChI=1S/C20H20BrN3O2/c1-23-17-11-13(19(25)22-12-14-5-2-3-6-16(14)21)8-9-15(17)20(26)24-10-4-7-18(23)24/h2-3,5-6,8-9,11,18H,4,7,10,12H2,1H3,(H,22,25). The van der Waals surface area contributed by atoms with E-state index in [4.69, 9.17) is 0 Å². The average Bonchev–Trinajstić information content (AvgIpc) is 3.15. The number of benzene rings is 2. The van der Waals surface area contributed by atoms with E-state index in [0.717, 1.165) is 35.1 Å². The molecule has 2 aromatic rings. The number of hydrogen-bond acceptors (Lipinski definition) is 3. The molecule has 0 aromatic heterocycles. The quantitative estimate of drug-likeness (QED) is 0.838. The number of fused-ring (bicyclic) bond motifs is 2. The molecule has 1 unspecified atom stereocenters. The predicted molar refractivity (Wildman–Crippen MR) is 104 cm³/mol. The van der Waals surface area contributed by atoms with E-state index in [-0.39, 0.29) is 18.0 Å². The Morgan fingerprint density at radius 1 is 1.27 bits per heavy atom. The summed E-state index contributed by atoms with van der Waals surface area (Å²) in [5, 5.41) is 2.95. The molecule has 5 nitrogen and oxygen atoms in total. The molecule has 2 aromatic carbocycles. The van der Waals surface area contributed by atoms with Crippen LogP contribution in [0.25, 0.3) is 0 Å². The van der Waals surface area contributed by atoms with Crippen molar-refractivity contribution in [2.45, 2.75) is 25.6 Å². The third kappa shape index (κ3) is 2.88. The molecule has 2 amide bonds. The van der Waals surface area contributed by atoms with Gasteiger partial charge in [0.2, 0.25) is 0 Å². The second-order valence-corrected chi connectivity index (χ2v) is 7.59. The molecule has 1 saturated heterocycles. The zero-order valence-corrected chi connectivity index (χ0v) is 16.1. The number of carbonyl (C=O) groups is 2. The van der Waals surface area contributed by atoms with E-state index in [2.05, 4.69) is 26.1 Å². The lowest BCUT2D eigenvalue weighted by Crippen LogP contribution is -2.50. The molecule has 1 N–H and O–H groups in total. The molecule has 2 aliphatic rings. The van der Waals surface area contributed by atoms with Crippen molar-refractivity contribution in [3.63, 3.8) is 0 Å².